The molecule has 0 aliphatic carbocycles. The Labute approximate surface area is 209 Å². The Morgan fingerprint density at radius 3 is 2.50 bits per heavy atom. The Balaban J connectivity index is 1.53. The van der Waals surface area contributed by atoms with Gasteiger partial charge in [-0.2, -0.15) is 0 Å². The van der Waals surface area contributed by atoms with Gasteiger partial charge in [-0.05, 0) is 60.5 Å². The van der Waals surface area contributed by atoms with Crippen LogP contribution in [-0.2, 0) is 0 Å². The first-order chi connectivity index (χ1) is 16.4. The highest BCUT2D eigenvalue weighted by molar-refractivity contribution is 6.37. The number of piperazine rings is 1. The second-order valence-electron chi connectivity index (χ2n) is 9.46. The highest BCUT2D eigenvalue weighted by Crippen LogP contribution is 2.35. The van der Waals surface area contributed by atoms with Gasteiger partial charge >= 0.3 is 0 Å². The number of rotatable bonds is 8. The van der Waals surface area contributed by atoms with Crippen LogP contribution in [0.5, 0.6) is 5.75 Å². The van der Waals surface area contributed by atoms with E-state index in [1.165, 1.54) is 16.8 Å². The summed E-state index contributed by atoms with van der Waals surface area (Å²) in [5, 5.41) is 14.1. The van der Waals surface area contributed by atoms with E-state index in [9.17, 15) is 5.11 Å². The number of nitrogens with zero attached hydrogens (tertiary/aromatic N) is 2. The molecule has 1 aliphatic rings. The van der Waals surface area contributed by atoms with Crippen LogP contribution in [0.25, 0.3) is 10.8 Å². The van der Waals surface area contributed by atoms with E-state index in [1.807, 2.05) is 24.3 Å². The standard InChI is InChI=1S/C29H37ClN2O2/c1-5-6-9-26(32-17-15-31(16-18-32)25-10-7-8-20(2)21(25)3)29(33)23-11-13-24-22(19-23)12-14-27(34-4)28(24)30/h7-8,10-14,19,26,29,33H,5-6,9,15-18H2,1-4H3/t26-,29+/m0/s1. The quantitative estimate of drug-likeness (QED) is 0.397. The Kier molecular flexibility index (Phi) is 8.02. The molecule has 1 fully saturated rings. The van der Waals surface area contributed by atoms with E-state index in [1.54, 1.807) is 7.11 Å². The largest absolute Gasteiger partial charge is 0.495 e. The van der Waals surface area contributed by atoms with E-state index in [0.717, 1.165) is 61.8 Å². The van der Waals surface area contributed by atoms with Crippen molar-refractivity contribution >= 4 is 28.1 Å². The van der Waals surface area contributed by atoms with E-state index in [2.05, 4.69) is 54.8 Å². The van der Waals surface area contributed by atoms with Gasteiger partial charge in [-0.15, -0.1) is 0 Å². The maximum absolute atomic E-state index is 11.5. The molecule has 3 aromatic carbocycles. The summed E-state index contributed by atoms with van der Waals surface area (Å²) in [6.07, 6.45) is 2.68. The molecule has 0 amide bonds. The van der Waals surface area contributed by atoms with Crippen LogP contribution in [0.4, 0.5) is 5.69 Å². The van der Waals surface area contributed by atoms with Crippen molar-refractivity contribution in [2.75, 3.05) is 38.2 Å². The second-order valence-corrected chi connectivity index (χ2v) is 9.84. The topological polar surface area (TPSA) is 35.9 Å². The molecule has 0 unspecified atom stereocenters. The van der Waals surface area contributed by atoms with Crippen molar-refractivity contribution < 1.29 is 9.84 Å². The predicted octanol–water partition coefficient (Wildman–Crippen LogP) is 6.53. The summed E-state index contributed by atoms with van der Waals surface area (Å²) < 4.78 is 5.36. The maximum atomic E-state index is 11.5. The molecule has 1 heterocycles. The van der Waals surface area contributed by atoms with Gasteiger partial charge in [-0.3, -0.25) is 4.90 Å². The zero-order valence-electron chi connectivity index (χ0n) is 20.9. The number of aliphatic hydroxyl groups excluding tert-OH is 1. The fourth-order valence-corrected chi connectivity index (χ4v) is 5.49. The first-order valence-corrected chi connectivity index (χ1v) is 12.8. The van der Waals surface area contributed by atoms with Crippen LogP contribution in [0.2, 0.25) is 5.02 Å². The molecular weight excluding hydrogens is 444 g/mol. The summed E-state index contributed by atoms with van der Waals surface area (Å²) in [5.74, 6) is 0.671. The fraction of sp³-hybridized carbons (Fsp3) is 0.448. The molecular formula is C29H37ClN2O2. The smallest absolute Gasteiger partial charge is 0.138 e. The number of hydrogen-bond donors (Lipinski definition) is 1. The molecule has 4 nitrogen and oxygen atoms in total. The van der Waals surface area contributed by atoms with Crippen LogP contribution < -0.4 is 9.64 Å². The summed E-state index contributed by atoms with van der Waals surface area (Å²) in [6.45, 7) is 10.5. The number of ether oxygens (including phenoxy) is 1. The number of unbranched alkanes of at least 4 members (excludes halogenated alkanes) is 1. The van der Waals surface area contributed by atoms with E-state index >= 15 is 0 Å². The minimum absolute atomic E-state index is 0.104. The summed E-state index contributed by atoms with van der Waals surface area (Å²) in [4.78, 5) is 4.99. The normalized spacial score (nSPS) is 16.6. The number of methoxy groups -OCH3 is 1. The minimum Gasteiger partial charge on any atom is -0.495 e. The van der Waals surface area contributed by atoms with E-state index in [0.29, 0.717) is 10.8 Å². The van der Waals surface area contributed by atoms with Gasteiger partial charge in [0.2, 0.25) is 0 Å². The number of fused-ring (bicyclic) bond motifs is 1. The molecule has 1 saturated heterocycles. The summed E-state index contributed by atoms with van der Waals surface area (Å²) in [7, 11) is 1.63. The van der Waals surface area contributed by atoms with E-state index in [4.69, 9.17) is 16.3 Å². The van der Waals surface area contributed by atoms with Gasteiger partial charge in [0.15, 0.2) is 0 Å². The molecule has 182 valence electrons. The fourth-order valence-electron chi connectivity index (χ4n) is 5.18. The number of aliphatic hydroxyl groups is 1. The number of anilines is 1. The van der Waals surface area contributed by atoms with Gasteiger partial charge in [-0.25, -0.2) is 0 Å². The molecule has 0 radical (unpaired) electrons. The van der Waals surface area contributed by atoms with Crippen LogP contribution in [0, 0.1) is 13.8 Å². The van der Waals surface area contributed by atoms with Crippen molar-refractivity contribution in [1.82, 2.24) is 4.90 Å². The van der Waals surface area contributed by atoms with Gasteiger partial charge < -0.3 is 14.7 Å². The van der Waals surface area contributed by atoms with E-state index in [-0.39, 0.29) is 6.04 Å². The maximum Gasteiger partial charge on any atom is 0.138 e. The molecule has 2 atom stereocenters. The Morgan fingerprint density at radius 2 is 1.79 bits per heavy atom. The van der Waals surface area contributed by atoms with Crippen LogP contribution in [0.15, 0.2) is 48.5 Å². The highest BCUT2D eigenvalue weighted by Gasteiger charge is 2.30. The zero-order chi connectivity index (χ0) is 24.2. The molecule has 0 bridgehead atoms. The molecule has 4 rings (SSSR count). The third kappa shape index (κ3) is 5.05. The summed E-state index contributed by atoms with van der Waals surface area (Å²) in [6, 6.07) is 16.7. The van der Waals surface area contributed by atoms with E-state index < -0.39 is 6.10 Å². The lowest BCUT2D eigenvalue weighted by Gasteiger charge is -2.42. The first-order valence-electron chi connectivity index (χ1n) is 12.4. The van der Waals surface area contributed by atoms with Crippen molar-refractivity contribution in [3.8, 4) is 5.75 Å². The van der Waals surface area contributed by atoms with Crippen LogP contribution in [-0.4, -0.2) is 49.3 Å². The molecule has 0 saturated carbocycles. The van der Waals surface area contributed by atoms with Crippen molar-refractivity contribution in [1.29, 1.82) is 0 Å². The lowest BCUT2D eigenvalue weighted by Crippen LogP contribution is -2.52. The molecule has 3 aromatic rings. The minimum atomic E-state index is -0.538. The van der Waals surface area contributed by atoms with Crippen molar-refractivity contribution in [3.05, 3.63) is 70.2 Å². The number of halogens is 1. The van der Waals surface area contributed by atoms with Gasteiger partial charge in [0, 0.05) is 43.3 Å². The third-order valence-corrected chi connectivity index (χ3v) is 7.81. The Morgan fingerprint density at radius 1 is 1.03 bits per heavy atom. The average molecular weight is 481 g/mol. The zero-order valence-corrected chi connectivity index (χ0v) is 21.6. The average Bonchev–Trinajstić information content (AvgIpc) is 2.86. The predicted molar refractivity (Wildman–Crippen MR) is 143 cm³/mol. The van der Waals surface area contributed by atoms with Gasteiger partial charge in [-0.1, -0.05) is 61.7 Å². The third-order valence-electron chi connectivity index (χ3n) is 7.42. The monoisotopic (exact) mass is 480 g/mol. The number of hydrogen-bond acceptors (Lipinski definition) is 4. The Hall–Kier alpha value is -2.27. The summed E-state index contributed by atoms with van der Waals surface area (Å²) >= 11 is 6.51. The number of aryl methyl sites for hydroxylation is 1. The van der Waals surface area contributed by atoms with Gasteiger partial charge in [0.1, 0.15) is 5.75 Å². The molecule has 1 aliphatic heterocycles. The molecule has 0 aromatic heterocycles. The second kappa shape index (κ2) is 11.0. The van der Waals surface area contributed by atoms with Gasteiger partial charge in [0.25, 0.3) is 0 Å². The highest BCUT2D eigenvalue weighted by atomic mass is 35.5. The Bertz CT molecular complexity index is 1120. The van der Waals surface area contributed by atoms with Crippen LogP contribution >= 0.6 is 11.6 Å². The van der Waals surface area contributed by atoms with Gasteiger partial charge in [0.05, 0.1) is 18.2 Å². The van der Waals surface area contributed by atoms with Crippen molar-refractivity contribution in [2.24, 2.45) is 0 Å². The molecule has 5 heteroatoms. The van der Waals surface area contributed by atoms with Crippen LogP contribution in [0.1, 0.15) is 49.0 Å². The van der Waals surface area contributed by atoms with Crippen molar-refractivity contribution in [2.45, 2.75) is 52.2 Å². The van der Waals surface area contributed by atoms with Crippen LogP contribution in [0.3, 0.4) is 0 Å². The lowest BCUT2D eigenvalue weighted by atomic mass is 9.94. The SMILES string of the molecule is CCCC[C@@H]([C@H](O)c1ccc2c(Cl)c(OC)ccc2c1)N1CCN(c2cccc(C)c2C)CC1. The number of benzene rings is 3. The first kappa shape index (κ1) is 24.8. The molecule has 34 heavy (non-hydrogen) atoms. The molecule has 1 N–H and O–H groups in total. The van der Waals surface area contributed by atoms with Crippen molar-refractivity contribution in [3.63, 3.8) is 0 Å². The summed E-state index contributed by atoms with van der Waals surface area (Å²) in [5.41, 5.74) is 4.99. The molecule has 0 spiro atoms. The lowest BCUT2D eigenvalue weighted by molar-refractivity contribution is 0.0386.